The van der Waals surface area contributed by atoms with Crippen LogP contribution < -0.4 is 0 Å². The van der Waals surface area contributed by atoms with Crippen LogP contribution in [0.2, 0.25) is 0 Å². The minimum absolute atomic E-state index is 0.0765. The highest BCUT2D eigenvalue weighted by Crippen LogP contribution is 2.17. The van der Waals surface area contributed by atoms with Gasteiger partial charge in [0, 0.05) is 19.3 Å². The van der Waals surface area contributed by atoms with E-state index in [1.165, 1.54) is 135 Å². The lowest BCUT2D eigenvalue weighted by Crippen LogP contribution is -2.30. The number of carbonyl (C=O) groups is 3. The molecule has 0 rings (SSSR count). The van der Waals surface area contributed by atoms with E-state index in [-0.39, 0.29) is 31.1 Å². The van der Waals surface area contributed by atoms with Crippen LogP contribution in [0.25, 0.3) is 0 Å². The first-order valence-electron chi connectivity index (χ1n) is 26.5. The molecule has 61 heavy (non-hydrogen) atoms. The minimum Gasteiger partial charge on any atom is -0.462 e. The molecule has 0 aliphatic heterocycles. The van der Waals surface area contributed by atoms with Crippen LogP contribution in [0.3, 0.4) is 0 Å². The molecule has 0 saturated heterocycles. The van der Waals surface area contributed by atoms with Crippen LogP contribution in [0, 0.1) is 0 Å². The second-order valence-corrected chi connectivity index (χ2v) is 17.8. The van der Waals surface area contributed by atoms with Gasteiger partial charge in [-0.1, -0.05) is 243 Å². The van der Waals surface area contributed by atoms with Crippen molar-refractivity contribution in [3.8, 4) is 0 Å². The second-order valence-electron chi connectivity index (χ2n) is 17.8. The maximum atomic E-state index is 12.7. The molecule has 0 N–H and O–H groups in total. The first kappa shape index (κ1) is 58.6. The fourth-order valence-corrected chi connectivity index (χ4v) is 7.69. The molecule has 0 aromatic rings. The summed E-state index contributed by atoms with van der Waals surface area (Å²) in [5, 5.41) is 0. The summed E-state index contributed by atoms with van der Waals surface area (Å²) in [5.41, 5.74) is 0. The number of allylic oxidation sites excluding steroid dienone is 6. The standard InChI is InChI=1S/C55H100O6/c1-4-7-10-13-15-17-19-21-23-24-25-26-27-28-29-30-32-33-35-37-39-42-45-48-54(57)60-51-52(50-59-53(56)47-44-41-12-9-6-3)61-55(58)49-46-43-40-38-36-34-31-22-20-18-16-14-11-8-5-2/h8,11,16,18,22,31,52H,4-7,9-10,12-15,17,19-21,23-30,32-51H2,1-3H3/b11-8-,18-16-,31-22-. The van der Waals surface area contributed by atoms with Crippen LogP contribution in [0.5, 0.6) is 0 Å². The molecule has 0 heterocycles. The van der Waals surface area contributed by atoms with E-state index in [4.69, 9.17) is 14.2 Å². The van der Waals surface area contributed by atoms with Gasteiger partial charge in [-0.2, -0.15) is 0 Å². The number of ether oxygens (including phenoxy) is 3. The Morgan fingerprint density at radius 3 is 1.00 bits per heavy atom. The number of unbranched alkanes of at least 4 members (excludes halogenated alkanes) is 31. The van der Waals surface area contributed by atoms with Crippen LogP contribution in [-0.2, 0) is 28.6 Å². The van der Waals surface area contributed by atoms with Gasteiger partial charge in [-0.3, -0.25) is 14.4 Å². The lowest BCUT2D eigenvalue weighted by Gasteiger charge is -2.18. The summed E-state index contributed by atoms with van der Waals surface area (Å²) < 4.78 is 16.7. The molecule has 0 aliphatic carbocycles. The van der Waals surface area contributed by atoms with E-state index >= 15 is 0 Å². The summed E-state index contributed by atoms with van der Waals surface area (Å²) in [4.78, 5) is 37.6. The van der Waals surface area contributed by atoms with Crippen molar-refractivity contribution in [2.24, 2.45) is 0 Å². The molecule has 0 saturated carbocycles. The zero-order valence-electron chi connectivity index (χ0n) is 40.7. The predicted molar refractivity (Wildman–Crippen MR) is 261 cm³/mol. The van der Waals surface area contributed by atoms with Crippen LogP contribution in [0.15, 0.2) is 36.5 Å². The van der Waals surface area contributed by atoms with Gasteiger partial charge in [-0.15, -0.1) is 0 Å². The molecule has 1 atom stereocenters. The van der Waals surface area contributed by atoms with Crippen LogP contribution in [0.4, 0.5) is 0 Å². The summed E-state index contributed by atoms with van der Waals surface area (Å²) in [6, 6.07) is 0. The first-order chi connectivity index (χ1) is 30.0. The molecule has 0 aromatic carbocycles. The molecule has 1 unspecified atom stereocenters. The summed E-state index contributed by atoms with van der Waals surface area (Å²) in [7, 11) is 0. The maximum absolute atomic E-state index is 12.7. The molecule has 6 nitrogen and oxygen atoms in total. The Kier molecular flexibility index (Phi) is 48.3. The molecule has 0 bridgehead atoms. The monoisotopic (exact) mass is 857 g/mol. The Morgan fingerprint density at radius 2 is 0.639 bits per heavy atom. The zero-order valence-corrected chi connectivity index (χ0v) is 40.7. The summed E-state index contributed by atoms with van der Waals surface area (Å²) in [6.07, 6.45) is 59.0. The molecule has 0 aliphatic rings. The van der Waals surface area contributed by atoms with E-state index in [0.717, 1.165) is 103 Å². The van der Waals surface area contributed by atoms with E-state index in [1.54, 1.807) is 0 Å². The quantitative estimate of drug-likeness (QED) is 0.0262. The van der Waals surface area contributed by atoms with Gasteiger partial charge in [0.1, 0.15) is 13.2 Å². The molecule has 0 radical (unpaired) electrons. The number of esters is 3. The Bertz CT molecular complexity index is 1030. The summed E-state index contributed by atoms with van der Waals surface area (Å²) in [6.45, 7) is 6.46. The van der Waals surface area contributed by atoms with Gasteiger partial charge < -0.3 is 14.2 Å². The second kappa shape index (κ2) is 50.3. The molecule has 0 spiro atoms. The average molecular weight is 857 g/mol. The third-order valence-corrected chi connectivity index (χ3v) is 11.7. The fraction of sp³-hybridized carbons (Fsp3) is 0.836. The number of rotatable bonds is 48. The van der Waals surface area contributed by atoms with Crippen molar-refractivity contribution < 1.29 is 28.6 Å². The van der Waals surface area contributed by atoms with Crippen LogP contribution in [0.1, 0.15) is 278 Å². The van der Waals surface area contributed by atoms with Crippen molar-refractivity contribution in [3.63, 3.8) is 0 Å². The Morgan fingerprint density at radius 1 is 0.344 bits per heavy atom. The minimum atomic E-state index is -0.774. The van der Waals surface area contributed by atoms with Gasteiger partial charge in [0.05, 0.1) is 0 Å². The highest BCUT2D eigenvalue weighted by Gasteiger charge is 2.19. The maximum Gasteiger partial charge on any atom is 0.306 e. The summed E-state index contributed by atoms with van der Waals surface area (Å²) in [5.74, 6) is -0.898. The first-order valence-corrected chi connectivity index (χ1v) is 26.5. The number of carbonyl (C=O) groups excluding carboxylic acids is 3. The Hall–Kier alpha value is -2.37. The fourth-order valence-electron chi connectivity index (χ4n) is 7.69. The van der Waals surface area contributed by atoms with Crippen molar-refractivity contribution in [2.45, 2.75) is 284 Å². The van der Waals surface area contributed by atoms with Crippen LogP contribution >= 0.6 is 0 Å². The molecule has 0 amide bonds. The van der Waals surface area contributed by atoms with Gasteiger partial charge in [-0.25, -0.2) is 0 Å². The highest BCUT2D eigenvalue weighted by atomic mass is 16.6. The molecular weight excluding hydrogens is 757 g/mol. The van der Waals surface area contributed by atoms with Crippen molar-refractivity contribution in [3.05, 3.63) is 36.5 Å². The smallest absolute Gasteiger partial charge is 0.306 e. The zero-order chi connectivity index (χ0) is 44.4. The van der Waals surface area contributed by atoms with E-state index in [1.807, 2.05) is 0 Å². The normalized spacial score (nSPS) is 12.2. The average Bonchev–Trinajstić information content (AvgIpc) is 3.26. The van der Waals surface area contributed by atoms with E-state index in [2.05, 4.69) is 57.2 Å². The molecule has 0 fully saturated rings. The molecule has 356 valence electrons. The molecular formula is C55H100O6. The van der Waals surface area contributed by atoms with E-state index in [0.29, 0.717) is 19.3 Å². The lowest BCUT2D eigenvalue weighted by atomic mass is 10.0. The third-order valence-electron chi connectivity index (χ3n) is 11.7. The SMILES string of the molecule is CC/C=C\C/C=C\C/C=C\CCCCCCCC(=O)OC(COC(=O)CCCCCCC)COC(=O)CCCCCCCCCCCCCCCCCCCCCCCCC. The largest absolute Gasteiger partial charge is 0.462 e. The molecule has 0 aromatic heterocycles. The van der Waals surface area contributed by atoms with Crippen molar-refractivity contribution in [2.75, 3.05) is 13.2 Å². The van der Waals surface area contributed by atoms with Gasteiger partial charge in [0.2, 0.25) is 0 Å². The van der Waals surface area contributed by atoms with Gasteiger partial charge in [0.15, 0.2) is 6.10 Å². The Labute approximate surface area is 378 Å². The lowest BCUT2D eigenvalue weighted by molar-refractivity contribution is -0.167. The van der Waals surface area contributed by atoms with Crippen molar-refractivity contribution >= 4 is 17.9 Å². The van der Waals surface area contributed by atoms with Gasteiger partial charge in [0.25, 0.3) is 0 Å². The highest BCUT2D eigenvalue weighted by molar-refractivity contribution is 5.71. The topological polar surface area (TPSA) is 78.9 Å². The van der Waals surface area contributed by atoms with E-state index < -0.39 is 6.10 Å². The number of hydrogen-bond acceptors (Lipinski definition) is 6. The summed E-state index contributed by atoms with van der Waals surface area (Å²) >= 11 is 0. The van der Waals surface area contributed by atoms with E-state index in [9.17, 15) is 14.4 Å². The van der Waals surface area contributed by atoms with Crippen molar-refractivity contribution in [1.82, 2.24) is 0 Å². The predicted octanol–water partition coefficient (Wildman–Crippen LogP) is 17.3. The van der Waals surface area contributed by atoms with Crippen LogP contribution in [-0.4, -0.2) is 37.2 Å². The van der Waals surface area contributed by atoms with Gasteiger partial charge >= 0.3 is 17.9 Å². The van der Waals surface area contributed by atoms with Crippen molar-refractivity contribution in [1.29, 1.82) is 0 Å². The third kappa shape index (κ3) is 48.5. The molecule has 6 heteroatoms. The Balaban J connectivity index is 4.07. The van der Waals surface area contributed by atoms with Gasteiger partial charge in [-0.05, 0) is 51.4 Å². The number of hydrogen-bond donors (Lipinski definition) is 0.